The Morgan fingerprint density at radius 2 is 2.12 bits per heavy atom. The maximum absolute atomic E-state index is 12.5. The average Bonchev–Trinajstić information content (AvgIpc) is 3.10. The van der Waals surface area contributed by atoms with Crippen LogP contribution in [0.15, 0.2) is 24.3 Å². The summed E-state index contributed by atoms with van der Waals surface area (Å²) < 4.78 is 10.9. The molecule has 24 heavy (non-hydrogen) atoms. The van der Waals surface area contributed by atoms with E-state index in [0.29, 0.717) is 6.54 Å². The van der Waals surface area contributed by atoms with Crippen LogP contribution < -0.4 is 10.6 Å². The zero-order chi connectivity index (χ0) is 17.0. The third-order valence-electron chi connectivity index (χ3n) is 5.51. The van der Waals surface area contributed by atoms with Crippen molar-refractivity contribution in [3.63, 3.8) is 0 Å². The highest BCUT2D eigenvalue weighted by molar-refractivity contribution is 5.82. The van der Waals surface area contributed by atoms with Gasteiger partial charge in [-0.15, -0.1) is 0 Å². The van der Waals surface area contributed by atoms with Crippen molar-refractivity contribution >= 4 is 5.91 Å². The Labute approximate surface area is 144 Å². The molecule has 0 aromatic heterocycles. The van der Waals surface area contributed by atoms with Gasteiger partial charge in [0.2, 0.25) is 5.91 Å². The fraction of sp³-hybridized carbons (Fsp3) is 0.632. The van der Waals surface area contributed by atoms with Crippen molar-refractivity contribution in [2.75, 3.05) is 33.4 Å². The van der Waals surface area contributed by atoms with Gasteiger partial charge in [0.1, 0.15) is 0 Å². The summed E-state index contributed by atoms with van der Waals surface area (Å²) in [7, 11) is 1.70. The molecule has 1 aromatic rings. The third-order valence-corrected chi connectivity index (χ3v) is 5.51. The van der Waals surface area contributed by atoms with Gasteiger partial charge in [-0.3, -0.25) is 4.79 Å². The highest BCUT2D eigenvalue weighted by Crippen LogP contribution is 2.36. The Balaban J connectivity index is 1.69. The third kappa shape index (κ3) is 3.63. The maximum Gasteiger partial charge on any atom is 0.237 e. The van der Waals surface area contributed by atoms with Gasteiger partial charge >= 0.3 is 0 Å². The molecule has 5 nitrogen and oxygen atoms in total. The van der Waals surface area contributed by atoms with Crippen molar-refractivity contribution in [2.24, 2.45) is 0 Å². The number of amides is 1. The number of ether oxygens (including phenoxy) is 2. The first-order chi connectivity index (χ1) is 11.6. The normalized spacial score (nSPS) is 26.2. The molecule has 0 bridgehead atoms. The lowest BCUT2D eigenvalue weighted by Crippen LogP contribution is -2.49. The molecule has 0 spiro atoms. The number of hydrogen-bond donors (Lipinski definition) is 2. The number of benzene rings is 1. The minimum absolute atomic E-state index is 0.0293. The zero-order valence-electron chi connectivity index (χ0n) is 14.6. The van der Waals surface area contributed by atoms with E-state index in [1.165, 1.54) is 11.1 Å². The van der Waals surface area contributed by atoms with Gasteiger partial charge in [0.05, 0.1) is 12.1 Å². The fourth-order valence-corrected chi connectivity index (χ4v) is 3.93. The fourth-order valence-electron chi connectivity index (χ4n) is 3.93. The summed E-state index contributed by atoms with van der Waals surface area (Å²) in [5.41, 5.74) is 2.59. The lowest BCUT2D eigenvalue weighted by molar-refractivity contribution is -0.123. The molecule has 132 valence electrons. The molecule has 1 amide bonds. The molecule has 2 aliphatic rings. The molecule has 2 atom stereocenters. The molecule has 2 aliphatic heterocycles. The number of hydrogen-bond acceptors (Lipinski definition) is 4. The minimum atomic E-state index is -0.149. The summed E-state index contributed by atoms with van der Waals surface area (Å²) in [4.78, 5) is 12.5. The molecule has 2 fully saturated rings. The summed E-state index contributed by atoms with van der Waals surface area (Å²) in [5, 5.41) is 6.44. The Bertz CT molecular complexity index is 569. The summed E-state index contributed by atoms with van der Waals surface area (Å²) in [6.45, 7) is 5.05. The highest BCUT2D eigenvalue weighted by atomic mass is 16.5. The van der Waals surface area contributed by atoms with Gasteiger partial charge in [-0.1, -0.05) is 24.3 Å². The Morgan fingerprint density at radius 3 is 2.79 bits per heavy atom. The molecule has 2 saturated heterocycles. The van der Waals surface area contributed by atoms with Crippen molar-refractivity contribution in [1.82, 2.24) is 10.6 Å². The number of carbonyl (C=O) groups is 1. The molecular weight excluding hydrogens is 304 g/mol. The topological polar surface area (TPSA) is 59.6 Å². The van der Waals surface area contributed by atoms with Crippen LogP contribution >= 0.6 is 0 Å². The van der Waals surface area contributed by atoms with Gasteiger partial charge in [-0.05, 0) is 37.3 Å². The van der Waals surface area contributed by atoms with Crippen LogP contribution in [0.1, 0.15) is 30.4 Å². The number of aryl methyl sites for hydroxylation is 1. The highest BCUT2D eigenvalue weighted by Gasteiger charge is 2.37. The molecule has 3 rings (SSSR count). The van der Waals surface area contributed by atoms with E-state index >= 15 is 0 Å². The molecule has 0 radical (unpaired) electrons. The van der Waals surface area contributed by atoms with E-state index in [9.17, 15) is 4.79 Å². The number of nitrogens with one attached hydrogen (secondary N) is 2. The summed E-state index contributed by atoms with van der Waals surface area (Å²) in [5.74, 6) is 0.0778. The summed E-state index contributed by atoms with van der Waals surface area (Å²) in [6, 6.07) is 8.35. The van der Waals surface area contributed by atoms with E-state index in [2.05, 4.69) is 41.8 Å². The van der Waals surface area contributed by atoms with Crippen LogP contribution in [0.3, 0.4) is 0 Å². The smallest absolute Gasteiger partial charge is 0.237 e. The maximum atomic E-state index is 12.5. The van der Waals surface area contributed by atoms with Crippen molar-refractivity contribution < 1.29 is 14.3 Å². The Morgan fingerprint density at radius 1 is 1.38 bits per heavy atom. The zero-order valence-corrected chi connectivity index (χ0v) is 14.6. The standard InChI is InChI=1S/C19H28N2O3/c1-14-5-3-4-6-16(14)19(7-9-24-10-8-19)13-21-18(22)17-11-15(23-2)12-20-17/h3-6,15,17,20H,7-13H2,1-2H3,(H,21,22)/t15-,17+/m0/s1. The SMILES string of the molecule is CO[C@@H]1CN[C@@H](C(=O)NCC2(c3ccccc3C)CCOCC2)C1. The lowest BCUT2D eigenvalue weighted by Gasteiger charge is -2.39. The van der Waals surface area contributed by atoms with Crippen LogP contribution in [0.2, 0.25) is 0 Å². The van der Waals surface area contributed by atoms with Gasteiger partial charge in [-0.2, -0.15) is 0 Å². The van der Waals surface area contributed by atoms with Gasteiger partial charge in [0.15, 0.2) is 0 Å². The van der Waals surface area contributed by atoms with Crippen LogP contribution in [0, 0.1) is 6.92 Å². The largest absolute Gasteiger partial charge is 0.381 e. The van der Waals surface area contributed by atoms with Gasteiger partial charge in [0.25, 0.3) is 0 Å². The van der Waals surface area contributed by atoms with Crippen molar-refractivity contribution in [1.29, 1.82) is 0 Å². The summed E-state index contributed by atoms with van der Waals surface area (Å²) >= 11 is 0. The van der Waals surface area contributed by atoms with Crippen molar-refractivity contribution in [2.45, 2.75) is 43.7 Å². The average molecular weight is 332 g/mol. The van der Waals surface area contributed by atoms with Gasteiger partial charge in [-0.25, -0.2) is 0 Å². The van der Waals surface area contributed by atoms with E-state index < -0.39 is 0 Å². The van der Waals surface area contributed by atoms with Crippen LogP contribution in [-0.2, 0) is 19.7 Å². The second kappa shape index (κ2) is 7.64. The van der Waals surface area contributed by atoms with E-state index in [1.54, 1.807) is 7.11 Å². The second-order valence-corrected chi connectivity index (χ2v) is 6.98. The molecule has 2 N–H and O–H groups in total. The van der Waals surface area contributed by atoms with Crippen molar-refractivity contribution in [3.8, 4) is 0 Å². The molecule has 0 unspecified atom stereocenters. The first kappa shape index (κ1) is 17.4. The quantitative estimate of drug-likeness (QED) is 0.859. The second-order valence-electron chi connectivity index (χ2n) is 6.98. The number of rotatable bonds is 5. The van der Waals surface area contributed by atoms with Crippen LogP contribution in [0.5, 0.6) is 0 Å². The predicted octanol–water partition coefficient (Wildman–Crippen LogP) is 1.54. The van der Waals surface area contributed by atoms with E-state index in [0.717, 1.165) is 39.0 Å². The van der Waals surface area contributed by atoms with E-state index in [4.69, 9.17) is 9.47 Å². The molecule has 2 heterocycles. The van der Waals surface area contributed by atoms with Crippen LogP contribution in [0.4, 0.5) is 0 Å². The Hall–Kier alpha value is -1.43. The monoisotopic (exact) mass is 332 g/mol. The van der Waals surface area contributed by atoms with Crippen molar-refractivity contribution in [3.05, 3.63) is 35.4 Å². The molecule has 0 aliphatic carbocycles. The van der Waals surface area contributed by atoms with E-state index in [1.807, 2.05) is 0 Å². The minimum Gasteiger partial charge on any atom is -0.381 e. The Kier molecular flexibility index (Phi) is 5.54. The van der Waals surface area contributed by atoms with Gasteiger partial charge < -0.3 is 20.1 Å². The first-order valence-electron chi connectivity index (χ1n) is 8.82. The number of methoxy groups -OCH3 is 1. The molecule has 5 heteroatoms. The van der Waals surface area contributed by atoms with Gasteiger partial charge in [0, 0.05) is 38.8 Å². The predicted molar refractivity (Wildman–Crippen MR) is 93.1 cm³/mol. The van der Waals surface area contributed by atoms with E-state index in [-0.39, 0.29) is 23.5 Å². The number of carbonyl (C=O) groups excluding carboxylic acids is 1. The summed E-state index contributed by atoms with van der Waals surface area (Å²) in [6.07, 6.45) is 2.76. The lowest BCUT2D eigenvalue weighted by atomic mass is 9.72. The molecular formula is C19H28N2O3. The first-order valence-corrected chi connectivity index (χ1v) is 8.82. The molecule has 1 aromatic carbocycles. The molecule has 0 saturated carbocycles. The van der Waals surface area contributed by atoms with Crippen LogP contribution in [0.25, 0.3) is 0 Å². The van der Waals surface area contributed by atoms with Crippen LogP contribution in [-0.4, -0.2) is 51.5 Å².